The molecular formula is C12H19F4O3P-2. The minimum atomic E-state index is -4.70. The van der Waals surface area contributed by atoms with Gasteiger partial charge in [-0.05, 0) is 43.7 Å². The van der Waals surface area contributed by atoms with Gasteiger partial charge in [0.2, 0.25) is 0 Å². The molecule has 1 rings (SSSR count). The lowest BCUT2D eigenvalue weighted by atomic mass is 9.75. The maximum atomic E-state index is 13.8. The van der Waals surface area contributed by atoms with Gasteiger partial charge in [0.1, 0.15) is 6.17 Å². The molecule has 1 aliphatic carbocycles. The van der Waals surface area contributed by atoms with E-state index in [4.69, 9.17) is 0 Å². The molecule has 1 aliphatic rings. The summed E-state index contributed by atoms with van der Waals surface area (Å²) in [4.78, 5) is 21.0. The number of alkyl halides is 4. The van der Waals surface area contributed by atoms with E-state index in [1.54, 1.807) is 0 Å². The summed E-state index contributed by atoms with van der Waals surface area (Å²) in [5.41, 5.74) is 0. The van der Waals surface area contributed by atoms with Gasteiger partial charge in [0, 0.05) is 6.42 Å². The van der Waals surface area contributed by atoms with E-state index >= 15 is 0 Å². The summed E-state index contributed by atoms with van der Waals surface area (Å²) in [5.74, 6) is -1.61. The molecule has 1 saturated carbocycles. The van der Waals surface area contributed by atoms with Crippen LogP contribution in [0.3, 0.4) is 0 Å². The van der Waals surface area contributed by atoms with E-state index in [0.717, 1.165) is 0 Å². The Morgan fingerprint density at radius 1 is 1.20 bits per heavy atom. The lowest BCUT2D eigenvalue weighted by molar-refractivity contribution is -0.313. The molecule has 120 valence electrons. The first-order valence-corrected chi connectivity index (χ1v) is 8.53. The summed E-state index contributed by atoms with van der Waals surface area (Å²) in [7, 11) is -4.70. The van der Waals surface area contributed by atoms with Gasteiger partial charge < -0.3 is 14.4 Å². The summed E-state index contributed by atoms with van der Waals surface area (Å²) >= 11 is 0. The second-order valence-electron chi connectivity index (χ2n) is 5.52. The molecule has 0 spiro atoms. The maximum absolute atomic E-state index is 13.8. The molecule has 0 amide bonds. The van der Waals surface area contributed by atoms with Crippen LogP contribution in [0.5, 0.6) is 0 Å². The number of hydrogen-bond donors (Lipinski definition) is 0. The van der Waals surface area contributed by atoms with Crippen molar-refractivity contribution in [3.8, 4) is 0 Å². The minimum absolute atomic E-state index is 0.0704. The first-order chi connectivity index (χ1) is 9.08. The summed E-state index contributed by atoms with van der Waals surface area (Å²) in [5, 5.41) is 0. The lowest BCUT2D eigenvalue weighted by Crippen LogP contribution is -2.31. The average Bonchev–Trinajstić information content (AvgIpc) is 2.25. The van der Waals surface area contributed by atoms with Crippen molar-refractivity contribution in [2.45, 2.75) is 57.3 Å². The Hall–Kier alpha value is -0.130. The Morgan fingerprint density at radius 3 is 2.30 bits per heavy atom. The Labute approximate surface area is 115 Å². The van der Waals surface area contributed by atoms with Crippen LogP contribution in [-0.2, 0) is 4.57 Å². The van der Waals surface area contributed by atoms with Crippen molar-refractivity contribution in [1.82, 2.24) is 0 Å². The Kier molecular flexibility index (Phi) is 6.48. The highest BCUT2D eigenvalue weighted by molar-refractivity contribution is 7.48. The SMILES string of the molecule is O=P([O-])([O-])CCCC(CC(F)(F)F)C1CCCCC1F. The van der Waals surface area contributed by atoms with Crippen LogP contribution in [0.4, 0.5) is 17.6 Å². The fraction of sp³-hybridized carbons (Fsp3) is 1.00. The molecule has 0 aromatic heterocycles. The minimum Gasteiger partial charge on any atom is -0.811 e. The molecule has 0 bridgehead atoms. The van der Waals surface area contributed by atoms with Gasteiger partial charge in [0.25, 0.3) is 0 Å². The van der Waals surface area contributed by atoms with E-state index < -0.39 is 44.4 Å². The Bertz CT molecular complexity index is 342. The molecule has 0 aliphatic heterocycles. The molecule has 8 heteroatoms. The van der Waals surface area contributed by atoms with Crippen LogP contribution < -0.4 is 9.79 Å². The van der Waals surface area contributed by atoms with Crippen LogP contribution in [0, 0.1) is 11.8 Å². The van der Waals surface area contributed by atoms with Crippen LogP contribution in [0.2, 0.25) is 0 Å². The zero-order chi connectivity index (χ0) is 15.4. The second-order valence-corrected chi connectivity index (χ2v) is 7.19. The van der Waals surface area contributed by atoms with Gasteiger partial charge in [-0.3, -0.25) is 0 Å². The lowest BCUT2D eigenvalue weighted by Gasteiger charge is -2.35. The summed E-state index contributed by atoms with van der Waals surface area (Å²) < 4.78 is 61.9. The first kappa shape index (κ1) is 17.9. The van der Waals surface area contributed by atoms with Crippen LogP contribution in [0.1, 0.15) is 44.9 Å². The monoisotopic (exact) mass is 318 g/mol. The van der Waals surface area contributed by atoms with Crippen molar-refractivity contribution in [2.75, 3.05) is 6.16 Å². The fourth-order valence-corrected chi connectivity index (χ4v) is 3.53. The molecule has 0 radical (unpaired) electrons. The quantitative estimate of drug-likeness (QED) is 0.559. The molecule has 0 aromatic rings. The van der Waals surface area contributed by atoms with Crippen molar-refractivity contribution in [2.24, 2.45) is 11.8 Å². The molecule has 0 aromatic carbocycles. The molecule has 3 unspecified atom stereocenters. The molecule has 1 fully saturated rings. The molecular weight excluding hydrogens is 299 g/mol. The fourth-order valence-electron chi connectivity index (χ4n) is 2.96. The summed E-state index contributed by atoms with van der Waals surface area (Å²) in [6, 6.07) is 0. The van der Waals surface area contributed by atoms with E-state index in [0.29, 0.717) is 19.3 Å². The van der Waals surface area contributed by atoms with Crippen LogP contribution in [0.25, 0.3) is 0 Å². The van der Waals surface area contributed by atoms with Crippen LogP contribution in [-0.4, -0.2) is 18.5 Å². The van der Waals surface area contributed by atoms with E-state index in [9.17, 15) is 31.9 Å². The van der Waals surface area contributed by atoms with Crippen molar-refractivity contribution < 1.29 is 31.9 Å². The van der Waals surface area contributed by atoms with Crippen LogP contribution >= 0.6 is 7.60 Å². The first-order valence-electron chi connectivity index (χ1n) is 6.80. The third kappa shape index (κ3) is 7.04. The Balaban J connectivity index is 2.62. The second kappa shape index (κ2) is 7.23. The van der Waals surface area contributed by atoms with Gasteiger partial charge >= 0.3 is 6.18 Å². The predicted octanol–water partition coefficient (Wildman–Crippen LogP) is 2.78. The number of halogens is 4. The highest BCUT2D eigenvalue weighted by atomic mass is 31.2. The number of hydrogen-bond acceptors (Lipinski definition) is 3. The van der Waals surface area contributed by atoms with E-state index in [2.05, 4.69) is 0 Å². The van der Waals surface area contributed by atoms with Gasteiger partial charge in [-0.1, -0.05) is 20.4 Å². The van der Waals surface area contributed by atoms with Crippen molar-refractivity contribution >= 4 is 7.60 Å². The smallest absolute Gasteiger partial charge is 0.389 e. The third-order valence-corrected chi connectivity index (χ3v) is 4.70. The molecule has 0 heterocycles. The molecule has 0 saturated heterocycles. The molecule has 3 nitrogen and oxygen atoms in total. The van der Waals surface area contributed by atoms with Crippen molar-refractivity contribution in [3.63, 3.8) is 0 Å². The predicted molar refractivity (Wildman–Crippen MR) is 62.7 cm³/mol. The summed E-state index contributed by atoms with van der Waals surface area (Å²) in [6.45, 7) is 0. The summed E-state index contributed by atoms with van der Waals surface area (Å²) in [6.07, 6.45) is -5.61. The van der Waals surface area contributed by atoms with Gasteiger partial charge in [-0.25, -0.2) is 4.39 Å². The molecule has 20 heavy (non-hydrogen) atoms. The van der Waals surface area contributed by atoms with Crippen molar-refractivity contribution in [1.29, 1.82) is 0 Å². The zero-order valence-electron chi connectivity index (χ0n) is 11.1. The van der Waals surface area contributed by atoms with E-state index in [1.165, 1.54) is 0 Å². The largest absolute Gasteiger partial charge is 0.811 e. The normalized spacial score (nSPS) is 26.5. The zero-order valence-corrected chi connectivity index (χ0v) is 12.0. The molecule has 0 N–H and O–H groups in total. The van der Waals surface area contributed by atoms with E-state index in [-0.39, 0.29) is 19.3 Å². The van der Waals surface area contributed by atoms with Gasteiger partial charge in [-0.2, -0.15) is 13.2 Å². The highest BCUT2D eigenvalue weighted by Crippen LogP contribution is 2.41. The maximum Gasteiger partial charge on any atom is 0.389 e. The average molecular weight is 318 g/mol. The topological polar surface area (TPSA) is 63.2 Å². The molecule has 3 atom stereocenters. The standard InChI is InChI=1S/C12H21F4O3P/c13-11-6-2-1-5-10(11)9(8-12(14,15)16)4-3-7-20(17,18)19/h9-11H,1-8H2,(H2,17,18,19)/p-2. The van der Waals surface area contributed by atoms with Gasteiger partial charge in [0.15, 0.2) is 0 Å². The highest BCUT2D eigenvalue weighted by Gasteiger charge is 2.39. The van der Waals surface area contributed by atoms with Gasteiger partial charge in [-0.15, -0.1) is 0 Å². The van der Waals surface area contributed by atoms with Crippen molar-refractivity contribution in [3.05, 3.63) is 0 Å². The van der Waals surface area contributed by atoms with E-state index in [1.807, 2.05) is 0 Å². The Morgan fingerprint density at radius 2 is 1.80 bits per heavy atom. The van der Waals surface area contributed by atoms with Gasteiger partial charge in [0.05, 0.1) is 0 Å². The third-order valence-electron chi connectivity index (χ3n) is 3.84. The van der Waals surface area contributed by atoms with Crippen LogP contribution in [0.15, 0.2) is 0 Å². The number of rotatable bonds is 6.